The van der Waals surface area contributed by atoms with E-state index in [2.05, 4.69) is 51.0 Å². The smallest absolute Gasteiger partial charge is 0.244 e. The Balaban J connectivity index is 1.49. The predicted molar refractivity (Wildman–Crippen MR) is 124 cm³/mol. The van der Waals surface area contributed by atoms with Gasteiger partial charge in [0.15, 0.2) is 5.96 Å². The summed E-state index contributed by atoms with van der Waals surface area (Å²) in [5.41, 5.74) is 2.41. The summed E-state index contributed by atoms with van der Waals surface area (Å²) in [5.74, 6) is 1.52. The number of thiazole rings is 1. The van der Waals surface area contributed by atoms with Gasteiger partial charge in [-0.25, -0.2) is 9.98 Å². The van der Waals surface area contributed by atoms with Crippen molar-refractivity contribution in [3.05, 3.63) is 52.0 Å². The van der Waals surface area contributed by atoms with Crippen LogP contribution >= 0.6 is 11.3 Å². The summed E-state index contributed by atoms with van der Waals surface area (Å²) >= 11 is 1.65. The van der Waals surface area contributed by atoms with E-state index in [1.54, 1.807) is 11.3 Å². The molecule has 1 aliphatic rings. The molecule has 0 atom stereocenters. The van der Waals surface area contributed by atoms with Gasteiger partial charge >= 0.3 is 0 Å². The maximum Gasteiger partial charge on any atom is 0.244 e. The number of hydrogen-bond donors (Lipinski definition) is 1. The van der Waals surface area contributed by atoms with E-state index >= 15 is 0 Å². The van der Waals surface area contributed by atoms with E-state index in [4.69, 9.17) is 0 Å². The van der Waals surface area contributed by atoms with Gasteiger partial charge in [-0.2, -0.15) is 0 Å². The molecule has 1 aliphatic heterocycles. The van der Waals surface area contributed by atoms with E-state index in [9.17, 15) is 4.79 Å². The molecule has 2 aromatic rings. The number of hydrogen-bond acceptors (Lipinski definition) is 4. The highest BCUT2D eigenvalue weighted by Gasteiger charge is 2.23. The van der Waals surface area contributed by atoms with Crippen molar-refractivity contribution in [1.29, 1.82) is 0 Å². The fourth-order valence-corrected chi connectivity index (χ4v) is 4.45. The van der Waals surface area contributed by atoms with Crippen LogP contribution in [0.4, 0.5) is 0 Å². The number of aliphatic imine (C=N–C) groups is 1. The number of amides is 1. The minimum atomic E-state index is 0.112. The normalized spacial score (nSPS) is 15.3. The minimum absolute atomic E-state index is 0.112. The zero-order valence-electron chi connectivity index (χ0n) is 18.3. The molecule has 0 bridgehead atoms. The van der Waals surface area contributed by atoms with Crippen LogP contribution in [-0.4, -0.2) is 59.9 Å². The summed E-state index contributed by atoms with van der Waals surface area (Å²) in [6.07, 6.45) is 3.23. The number of aromatic nitrogens is 1. The Morgan fingerprint density at radius 1 is 1.30 bits per heavy atom. The lowest BCUT2D eigenvalue weighted by Crippen LogP contribution is -2.42. The molecular formula is C23H33N5OS. The number of carbonyl (C=O) groups is 1. The highest BCUT2D eigenvalue weighted by Crippen LogP contribution is 2.21. The number of nitrogens with one attached hydrogen (secondary N) is 1. The zero-order chi connectivity index (χ0) is 21.3. The van der Waals surface area contributed by atoms with Crippen LogP contribution in [0.3, 0.4) is 0 Å². The second-order valence-electron chi connectivity index (χ2n) is 7.90. The van der Waals surface area contributed by atoms with Gasteiger partial charge in [-0.3, -0.25) is 4.79 Å². The number of rotatable bonds is 7. The van der Waals surface area contributed by atoms with Gasteiger partial charge < -0.3 is 15.1 Å². The first-order valence-corrected chi connectivity index (χ1v) is 11.6. The Morgan fingerprint density at radius 3 is 2.67 bits per heavy atom. The van der Waals surface area contributed by atoms with Gasteiger partial charge in [0.2, 0.25) is 5.91 Å². The van der Waals surface area contributed by atoms with Gasteiger partial charge in [-0.1, -0.05) is 30.3 Å². The standard InChI is InChI=1S/C23H33N5OS/c1-4-24-23(27(3)16-21-17-30-18(2)26-21)25-15-22(29)28-12-10-20(11-13-28)14-19-8-6-5-7-9-19/h5-9,17,20H,4,10-16H2,1-3H3,(H,24,25). The Hall–Kier alpha value is -2.41. The van der Waals surface area contributed by atoms with Gasteiger partial charge in [-0.05, 0) is 44.6 Å². The van der Waals surface area contributed by atoms with E-state index < -0.39 is 0 Å². The fraction of sp³-hybridized carbons (Fsp3) is 0.522. The van der Waals surface area contributed by atoms with E-state index in [1.165, 1.54) is 5.56 Å². The maximum atomic E-state index is 12.7. The molecule has 1 saturated heterocycles. The SMILES string of the molecule is CCNC(=NCC(=O)N1CCC(Cc2ccccc2)CC1)N(C)Cc1csc(C)n1. The van der Waals surface area contributed by atoms with E-state index in [1.807, 2.05) is 30.7 Å². The lowest BCUT2D eigenvalue weighted by atomic mass is 9.90. The van der Waals surface area contributed by atoms with Crippen LogP contribution < -0.4 is 5.32 Å². The van der Waals surface area contributed by atoms with Gasteiger partial charge in [0, 0.05) is 32.1 Å². The molecule has 0 saturated carbocycles. The molecule has 1 aromatic heterocycles. The molecule has 1 aromatic carbocycles. The summed E-state index contributed by atoms with van der Waals surface area (Å²) < 4.78 is 0. The Labute approximate surface area is 184 Å². The van der Waals surface area contributed by atoms with Gasteiger partial charge in [0.05, 0.1) is 17.2 Å². The molecule has 30 heavy (non-hydrogen) atoms. The van der Waals surface area contributed by atoms with Crippen molar-refractivity contribution >= 4 is 23.2 Å². The summed E-state index contributed by atoms with van der Waals surface area (Å²) in [4.78, 5) is 25.8. The number of guanidine groups is 1. The van der Waals surface area contributed by atoms with Crippen LogP contribution in [-0.2, 0) is 17.8 Å². The van der Waals surface area contributed by atoms with Crippen molar-refractivity contribution in [2.45, 2.75) is 39.7 Å². The Morgan fingerprint density at radius 2 is 2.03 bits per heavy atom. The van der Waals surface area contributed by atoms with Crippen molar-refractivity contribution in [2.75, 3.05) is 33.2 Å². The van der Waals surface area contributed by atoms with Crippen LogP contribution in [0.25, 0.3) is 0 Å². The van der Waals surface area contributed by atoms with Crippen LogP contribution in [0.2, 0.25) is 0 Å². The highest BCUT2D eigenvalue weighted by atomic mass is 32.1. The van der Waals surface area contributed by atoms with Crippen LogP contribution in [0, 0.1) is 12.8 Å². The third kappa shape index (κ3) is 6.55. The van der Waals surface area contributed by atoms with E-state index in [-0.39, 0.29) is 12.5 Å². The molecule has 1 fully saturated rings. The monoisotopic (exact) mass is 427 g/mol. The van der Waals surface area contributed by atoms with E-state index in [0.717, 1.165) is 55.6 Å². The van der Waals surface area contributed by atoms with Crippen molar-refractivity contribution in [2.24, 2.45) is 10.9 Å². The number of carbonyl (C=O) groups excluding carboxylic acids is 1. The lowest BCUT2D eigenvalue weighted by molar-refractivity contribution is -0.131. The number of nitrogens with zero attached hydrogens (tertiary/aromatic N) is 4. The van der Waals surface area contributed by atoms with Crippen LogP contribution in [0.15, 0.2) is 40.7 Å². The minimum Gasteiger partial charge on any atom is -0.357 e. The average molecular weight is 428 g/mol. The maximum absolute atomic E-state index is 12.7. The number of aryl methyl sites for hydroxylation is 1. The summed E-state index contributed by atoms with van der Waals surface area (Å²) in [6, 6.07) is 10.6. The summed E-state index contributed by atoms with van der Waals surface area (Å²) in [5, 5.41) is 6.41. The molecule has 0 spiro atoms. The molecule has 3 rings (SSSR count). The first-order valence-electron chi connectivity index (χ1n) is 10.8. The van der Waals surface area contributed by atoms with Gasteiger partial charge in [-0.15, -0.1) is 11.3 Å². The molecule has 0 radical (unpaired) electrons. The molecule has 2 heterocycles. The predicted octanol–water partition coefficient (Wildman–Crippen LogP) is 3.33. The van der Waals surface area contributed by atoms with Crippen molar-refractivity contribution < 1.29 is 4.79 Å². The second-order valence-corrected chi connectivity index (χ2v) is 8.96. The highest BCUT2D eigenvalue weighted by molar-refractivity contribution is 7.09. The average Bonchev–Trinajstić information content (AvgIpc) is 3.16. The molecule has 6 nitrogen and oxygen atoms in total. The molecule has 1 amide bonds. The fourth-order valence-electron chi connectivity index (χ4n) is 3.84. The summed E-state index contributed by atoms with van der Waals surface area (Å²) in [6.45, 7) is 7.33. The summed E-state index contributed by atoms with van der Waals surface area (Å²) in [7, 11) is 1.98. The van der Waals surface area contributed by atoms with Crippen LogP contribution in [0.1, 0.15) is 36.0 Å². The van der Waals surface area contributed by atoms with Gasteiger partial charge in [0.25, 0.3) is 0 Å². The molecule has 1 N–H and O–H groups in total. The number of benzene rings is 1. The van der Waals surface area contributed by atoms with Crippen molar-refractivity contribution in [1.82, 2.24) is 20.1 Å². The molecule has 162 valence electrons. The van der Waals surface area contributed by atoms with Crippen LogP contribution in [0.5, 0.6) is 0 Å². The molecular weight excluding hydrogens is 394 g/mol. The van der Waals surface area contributed by atoms with E-state index in [0.29, 0.717) is 12.5 Å². The third-order valence-electron chi connectivity index (χ3n) is 5.46. The largest absolute Gasteiger partial charge is 0.357 e. The molecule has 0 unspecified atom stereocenters. The first-order chi connectivity index (χ1) is 14.5. The second kappa shape index (κ2) is 11.1. The lowest BCUT2D eigenvalue weighted by Gasteiger charge is -2.32. The van der Waals surface area contributed by atoms with Crippen molar-refractivity contribution in [3.63, 3.8) is 0 Å². The quantitative estimate of drug-likeness (QED) is 0.544. The third-order valence-corrected chi connectivity index (χ3v) is 6.28. The first kappa shape index (κ1) is 22.3. The topological polar surface area (TPSA) is 60.8 Å². The number of piperidine rings is 1. The number of likely N-dealkylation sites (tertiary alicyclic amines) is 1. The zero-order valence-corrected chi connectivity index (χ0v) is 19.1. The van der Waals surface area contributed by atoms with Crippen molar-refractivity contribution in [3.8, 4) is 0 Å². The van der Waals surface area contributed by atoms with Gasteiger partial charge in [0.1, 0.15) is 6.54 Å². The molecule has 7 heteroatoms. The Kier molecular flexibility index (Phi) is 8.25. The Bertz CT molecular complexity index is 827. The molecule has 0 aliphatic carbocycles.